The molecule has 5 nitrogen and oxygen atoms in total. The maximum Gasteiger partial charge on any atom is 0.241 e. The minimum absolute atomic E-state index is 0.0171. The molecule has 0 aromatic heterocycles. The third-order valence-electron chi connectivity index (χ3n) is 2.85. The fraction of sp³-hybridized carbons (Fsp3) is 0.500. The van der Waals surface area contributed by atoms with E-state index in [0.717, 1.165) is 6.07 Å². The van der Waals surface area contributed by atoms with Gasteiger partial charge in [-0.05, 0) is 43.9 Å². The zero-order valence-electron chi connectivity index (χ0n) is 11.0. The third kappa shape index (κ3) is 3.65. The van der Waals surface area contributed by atoms with E-state index in [2.05, 4.69) is 4.72 Å². The lowest BCUT2D eigenvalue weighted by Crippen LogP contribution is -2.27. The van der Waals surface area contributed by atoms with Gasteiger partial charge in [0.05, 0.1) is 10.6 Å². The van der Waals surface area contributed by atoms with Gasteiger partial charge < -0.3 is 10.8 Å². The first-order chi connectivity index (χ1) is 8.81. The van der Waals surface area contributed by atoms with Crippen LogP contribution in [0.2, 0.25) is 0 Å². The first kappa shape index (κ1) is 15.9. The highest BCUT2D eigenvalue weighted by atomic mass is 32.2. The zero-order chi connectivity index (χ0) is 14.6. The quantitative estimate of drug-likeness (QED) is 0.540. The number of sulfonamides is 1. The predicted octanol–water partition coefficient (Wildman–Crippen LogP) is 1.08. The van der Waals surface area contributed by atoms with Gasteiger partial charge in [-0.1, -0.05) is 0 Å². The van der Waals surface area contributed by atoms with E-state index in [1.165, 1.54) is 13.8 Å². The van der Waals surface area contributed by atoms with Crippen LogP contribution in [0.3, 0.4) is 0 Å². The second-order valence-electron chi connectivity index (χ2n) is 4.37. The highest BCUT2D eigenvalue weighted by Crippen LogP contribution is 2.27. The normalized spacial score (nSPS) is 11.8. The maximum atomic E-state index is 13.4. The lowest BCUT2D eigenvalue weighted by Gasteiger charge is -2.14. The summed E-state index contributed by atoms with van der Waals surface area (Å²) in [5.41, 5.74) is 5.91. The van der Waals surface area contributed by atoms with E-state index in [4.69, 9.17) is 10.8 Å². The number of rotatable bonds is 6. The molecule has 0 fully saturated rings. The molecule has 1 aromatic rings. The van der Waals surface area contributed by atoms with Crippen molar-refractivity contribution in [3.8, 4) is 0 Å². The standard InChI is InChI=1S/C12H19FN2O3S/c1-8-7-10(13)11(14)9(2)12(8)19(17,18)15-5-3-4-6-16/h7,15-16H,3-6,14H2,1-2H3. The van der Waals surface area contributed by atoms with Crippen molar-refractivity contribution in [1.29, 1.82) is 0 Å². The summed E-state index contributed by atoms with van der Waals surface area (Å²) in [6.45, 7) is 3.24. The lowest BCUT2D eigenvalue weighted by molar-refractivity contribution is 0.285. The van der Waals surface area contributed by atoms with Crippen LogP contribution >= 0.6 is 0 Å². The van der Waals surface area contributed by atoms with Gasteiger partial charge in [-0.15, -0.1) is 0 Å². The molecule has 19 heavy (non-hydrogen) atoms. The average Bonchev–Trinajstić information content (AvgIpc) is 2.31. The zero-order valence-corrected chi connectivity index (χ0v) is 11.8. The second-order valence-corrected chi connectivity index (χ2v) is 6.08. The van der Waals surface area contributed by atoms with Crippen LogP contribution in [0.4, 0.5) is 10.1 Å². The Morgan fingerprint density at radius 1 is 1.37 bits per heavy atom. The van der Waals surface area contributed by atoms with E-state index in [1.807, 2.05) is 0 Å². The van der Waals surface area contributed by atoms with Crippen molar-refractivity contribution >= 4 is 15.7 Å². The molecule has 0 radical (unpaired) electrons. The predicted molar refractivity (Wildman–Crippen MR) is 71.8 cm³/mol. The Hall–Kier alpha value is -1.18. The van der Waals surface area contributed by atoms with Gasteiger partial charge in [0, 0.05) is 13.2 Å². The molecule has 0 unspecified atom stereocenters. The highest BCUT2D eigenvalue weighted by Gasteiger charge is 2.22. The van der Waals surface area contributed by atoms with Crippen LogP contribution in [0.15, 0.2) is 11.0 Å². The number of nitrogens with two attached hydrogens (primary N) is 1. The SMILES string of the molecule is Cc1cc(F)c(N)c(C)c1S(=O)(=O)NCCCCO. The van der Waals surface area contributed by atoms with Gasteiger partial charge in [-0.3, -0.25) is 0 Å². The minimum Gasteiger partial charge on any atom is -0.396 e. The molecular formula is C12H19FN2O3S. The third-order valence-corrected chi connectivity index (χ3v) is 4.60. The summed E-state index contributed by atoms with van der Waals surface area (Å²) < 4.78 is 40.1. The smallest absolute Gasteiger partial charge is 0.241 e. The molecule has 0 aliphatic rings. The molecular weight excluding hydrogens is 271 g/mol. The van der Waals surface area contributed by atoms with Crippen molar-refractivity contribution in [3.05, 3.63) is 23.0 Å². The van der Waals surface area contributed by atoms with E-state index >= 15 is 0 Å². The van der Waals surface area contributed by atoms with Gasteiger partial charge in [0.2, 0.25) is 10.0 Å². The summed E-state index contributed by atoms with van der Waals surface area (Å²) in [6.07, 6.45) is 1.05. The summed E-state index contributed by atoms with van der Waals surface area (Å²) in [7, 11) is -3.72. The summed E-state index contributed by atoms with van der Waals surface area (Å²) in [5.74, 6) is -0.616. The van der Waals surface area contributed by atoms with Gasteiger partial charge in [0.15, 0.2) is 0 Å². The second kappa shape index (κ2) is 6.31. The van der Waals surface area contributed by atoms with Gasteiger partial charge in [-0.25, -0.2) is 17.5 Å². The monoisotopic (exact) mass is 290 g/mol. The fourth-order valence-corrected chi connectivity index (χ4v) is 3.41. The first-order valence-electron chi connectivity index (χ1n) is 5.97. The van der Waals surface area contributed by atoms with Gasteiger partial charge >= 0.3 is 0 Å². The van der Waals surface area contributed by atoms with Crippen molar-refractivity contribution in [3.63, 3.8) is 0 Å². The molecule has 0 heterocycles. The molecule has 0 saturated carbocycles. The number of hydrogen-bond donors (Lipinski definition) is 3. The fourth-order valence-electron chi connectivity index (χ4n) is 1.86. The molecule has 0 bridgehead atoms. The van der Waals surface area contributed by atoms with E-state index < -0.39 is 15.8 Å². The van der Waals surface area contributed by atoms with E-state index in [0.29, 0.717) is 18.4 Å². The largest absolute Gasteiger partial charge is 0.396 e. The Morgan fingerprint density at radius 3 is 2.58 bits per heavy atom. The van der Waals surface area contributed by atoms with Crippen LogP contribution in [-0.4, -0.2) is 26.7 Å². The lowest BCUT2D eigenvalue weighted by atomic mass is 10.1. The number of halogens is 1. The Bertz CT molecular complexity index is 559. The Balaban J connectivity index is 3.05. The number of aliphatic hydroxyl groups excluding tert-OH is 1. The van der Waals surface area contributed by atoms with Gasteiger partial charge in [0.25, 0.3) is 0 Å². The molecule has 0 aliphatic heterocycles. The first-order valence-corrected chi connectivity index (χ1v) is 7.45. The Kier molecular flexibility index (Phi) is 5.28. The van der Waals surface area contributed by atoms with Crippen molar-refractivity contribution in [2.24, 2.45) is 0 Å². The number of nitrogen functional groups attached to an aromatic ring is 1. The summed E-state index contributed by atoms with van der Waals surface area (Å²) in [6, 6.07) is 1.12. The van der Waals surface area contributed by atoms with Crippen molar-refractivity contribution < 1.29 is 17.9 Å². The van der Waals surface area contributed by atoms with Gasteiger partial charge in [-0.2, -0.15) is 0 Å². The minimum atomic E-state index is -3.72. The summed E-state index contributed by atoms with van der Waals surface area (Å²) in [5, 5.41) is 8.63. The Morgan fingerprint density at radius 2 is 2.00 bits per heavy atom. The summed E-state index contributed by atoms with van der Waals surface area (Å²) >= 11 is 0. The molecule has 0 spiro atoms. The van der Waals surface area contributed by atoms with E-state index in [-0.39, 0.29) is 29.3 Å². The van der Waals surface area contributed by atoms with E-state index in [9.17, 15) is 12.8 Å². The van der Waals surface area contributed by atoms with E-state index in [1.54, 1.807) is 0 Å². The number of anilines is 1. The molecule has 1 aromatic carbocycles. The van der Waals surface area contributed by atoms with Crippen molar-refractivity contribution in [2.45, 2.75) is 31.6 Å². The molecule has 0 saturated heterocycles. The van der Waals surface area contributed by atoms with Crippen molar-refractivity contribution in [1.82, 2.24) is 4.72 Å². The molecule has 108 valence electrons. The number of hydrogen-bond acceptors (Lipinski definition) is 4. The number of nitrogens with one attached hydrogen (secondary N) is 1. The van der Waals surface area contributed by atoms with Gasteiger partial charge in [0.1, 0.15) is 5.82 Å². The number of aliphatic hydroxyl groups is 1. The molecule has 0 atom stereocenters. The average molecular weight is 290 g/mol. The van der Waals surface area contributed by atoms with Crippen LogP contribution < -0.4 is 10.5 Å². The van der Waals surface area contributed by atoms with Crippen LogP contribution in [0, 0.1) is 19.7 Å². The topological polar surface area (TPSA) is 92.4 Å². The molecule has 0 aliphatic carbocycles. The molecule has 0 amide bonds. The van der Waals surface area contributed by atoms with Crippen LogP contribution in [0.1, 0.15) is 24.0 Å². The number of benzene rings is 1. The number of aryl methyl sites for hydroxylation is 1. The molecule has 4 N–H and O–H groups in total. The Labute approximate surface area is 112 Å². The van der Waals surface area contributed by atoms with Crippen molar-refractivity contribution in [2.75, 3.05) is 18.9 Å². The number of unbranched alkanes of at least 4 members (excludes halogenated alkanes) is 1. The highest BCUT2D eigenvalue weighted by molar-refractivity contribution is 7.89. The van der Waals surface area contributed by atoms with Crippen LogP contribution in [-0.2, 0) is 10.0 Å². The summed E-state index contributed by atoms with van der Waals surface area (Å²) in [4.78, 5) is 0.0235. The molecule has 7 heteroatoms. The van der Waals surface area contributed by atoms with Crippen LogP contribution in [0.5, 0.6) is 0 Å². The molecule has 1 rings (SSSR count). The van der Waals surface area contributed by atoms with Crippen LogP contribution in [0.25, 0.3) is 0 Å². The maximum absolute atomic E-state index is 13.4.